The second-order valence-corrected chi connectivity index (χ2v) is 7.98. The molecule has 3 aromatic heterocycles. The number of hydrogen-bond donors (Lipinski definition) is 2. The van der Waals surface area contributed by atoms with E-state index in [1.54, 1.807) is 18.4 Å². The SMILES string of the molecule is C[C@H](Sc1ncnc2c1oc1ccccc12)C(=O)Nc1sccc1C(N)=O. The van der Waals surface area contributed by atoms with Crippen LogP contribution in [0.25, 0.3) is 22.1 Å². The van der Waals surface area contributed by atoms with Crippen LogP contribution >= 0.6 is 23.1 Å². The van der Waals surface area contributed by atoms with Crippen molar-refractivity contribution in [2.45, 2.75) is 17.2 Å². The molecule has 1 atom stereocenters. The second kappa shape index (κ2) is 7.01. The zero-order chi connectivity index (χ0) is 19.0. The minimum absolute atomic E-state index is 0.257. The first kappa shape index (κ1) is 17.5. The lowest BCUT2D eigenvalue weighted by molar-refractivity contribution is -0.115. The van der Waals surface area contributed by atoms with Gasteiger partial charge < -0.3 is 15.5 Å². The fourth-order valence-electron chi connectivity index (χ4n) is 2.62. The van der Waals surface area contributed by atoms with Gasteiger partial charge in [0, 0.05) is 5.39 Å². The van der Waals surface area contributed by atoms with Crippen molar-refractivity contribution >= 4 is 62.0 Å². The lowest BCUT2D eigenvalue weighted by Crippen LogP contribution is -2.23. The van der Waals surface area contributed by atoms with E-state index < -0.39 is 11.2 Å². The van der Waals surface area contributed by atoms with E-state index in [1.165, 1.54) is 29.4 Å². The summed E-state index contributed by atoms with van der Waals surface area (Å²) in [5.41, 5.74) is 7.60. The topological polar surface area (TPSA) is 111 Å². The van der Waals surface area contributed by atoms with Gasteiger partial charge in [-0.25, -0.2) is 9.97 Å². The predicted octanol–water partition coefficient (Wildman–Crippen LogP) is 3.66. The number of para-hydroxylation sites is 1. The summed E-state index contributed by atoms with van der Waals surface area (Å²) >= 11 is 2.51. The standard InChI is InChI=1S/C18H14N4O3S2/c1-9(16(24)22-17-11(15(19)23)6-7-26-17)27-18-14-13(20-8-21-18)10-4-2-3-5-12(10)25-14/h2-9H,1H3,(H2,19,23)(H,22,24)/t9-/m0/s1. The molecule has 7 nitrogen and oxygen atoms in total. The highest BCUT2D eigenvalue weighted by atomic mass is 32.2. The average Bonchev–Trinajstić information content (AvgIpc) is 3.26. The smallest absolute Gasteiger partial charge is 0.251 e. The number of fused-ring (bicyclic) bond motifs is 3. The zero-order valence-corrected chi connectivity index (χ0v) is 15.8. The Morgan fingerprint density at radius 2 is 2.07 bits per heavy atom. The molecule has 0 spiro atoms. The molecule has 0 fully saturated rings. The van der Waals surface area contributed by atoms with Gasteiger partial charge in [0.2, 0.25) is 5.91 Å². The molecule has 9 heteroatoms. The molecule has 0 saturated heterocycles. The molecule has 0 bridgehead atoms. The largest absolute Gasteiger partial charge is 0.451 e. The number of amides is 2. The molecule has 3 heterocycles. The third-order valence-corrected chi connectivity index (χ3v) is 5.86. The number of carbonyl (C=O) groups is 2. The maximum Gasteiger partial charge on any atom is 0.251 e. The molecular formula is C18H14N4O3S2. The van der Waals surface area contributed by atoms with Crippen molar-refractivity contribution in [2.75, 3.05) is 5.32 Å². The molecule has 136 valence electrons. The maximum atomic E-state index is 12.5. The number of furan rings is 1. The molecule has 2 amide bonds. The number of carbonyl (C=O) groups excluding carboxylic acids is 2. The highest BCUT2D eigenvalue weighted by Gasteiger charge is 2.21. The van der Waals surface area contributed by atoms with Gasteiger partial charge in [-0.15, -0.1) is 11.3 Å². The fourth-order valence-corrected chi connectivity index (χ4v) is 4.27. The summed E-state index contributed by atoms with van der Waals surface area (Å²) in [7, 11) is 0. The number of hydrogen-bond acceptors (Lipinski definition) is 7. The van der Waals surface area contributed by atoms with Crippen LogP contribution < -0.4 is 11.1 Å². The number of thiophene rings is 1. The number of primary amides is 1. The van der Waals surface area contributed by atoms with Crippen LogP contribution in [-0.4, -0.2) is 27.0 Å². The fraction of sp³-hybridized carbons (Fsp3) is 0.111. The normalized spacial score (nSPS) is 12.3. The Balaban J connectivity index is 1.59. The van der Waals surface area contributed by atoms with Crippen LogP contribution in [0, 0.1) is 0 Å². The molecule has 27 heavy (non-hydrogen) atoms. The minimum Gasteiger partial charge on any atom is -0.451 e. The third kappa shape index (κ3) is 3.26. The molecule has 1 aromatic carbocycles. The Kier molecular flexibility index (Phi) is 4.54. The first-order valence-corrected chi connectivity index (χ1v) is 9.77. The van der Waals surface area contributed by atoms with E-state index in [4.69, 9.17) is 10.2 Å². The van der Waals surface area contributed by atoms with Gasteiger partial charge in [-0.3, -0.25) is 9.59 Å². The van der Waals surface area contributed by atoms with E-state index in [9.17, 15) is 9.59 Å². The van der Waals surface area contributed by atoms with Gasteiger partial charge in [-0.2, -0.15) is 0 Å². The number of benzene rings is 1. The average molecular weight is 398 g/mol. The first-order chi connectivity index (χ1) is 13.0. The number of rotatable bonds is 5. The van der Waals surface area contributed by atoms with Crippen LogP contribution in [0.15, 0.2) is 51.5 Å². The summed E-state index contributed by atoms with van der Waals surface area (Å²) in [6.07, 6.45) is 1.46. The predicted molar refractivity (Wildman–Crippen MR) is 106 cm³/mol. The maximum absolute atomic E-state index is 12.5. The van der Waals surface area contributed by atoms with E-state index in [0.717, 1.165) is 11.0 Å². The Morgan fingerprint density at radius 1 is 1.26 bits per heavy atom. The number of nitrogens with one attached hydrogen (secondary N) is 1. The van der Waals surface area contributed by atoms with Gasteiger partial charge in [-0.1, -0.05) is 23.9 Å². The molecule has 4 aromatic rings. The number of nitrogens with zero attached hydrogens (tertiary/aromatic N) is 2. The van der Waals surface area contributed by atoms with Crippen molar-refractivity contribution in [1.29, 1.82) is 0 Å². The van der Waals surface area contributed by atoms with E-state index in [2.05, 4.69) is 15.3 Å². The van der Waals surface area contributed by atoms with Gasteiger partial charge in [0.1, 0.15) is 27.5 Å². The second-order valence-electron chi connectivity index (χ2n) is 5.73. The van der Waals surface area contributed by atoms with Crippen LogP contribution in [0.3, 0.4) is 0 Å². The van der Waals surface area contributed by atoms with Crippen molar-refractivity contribution in [3.63, 3.8) is 0 Å². The number of nitrogens with two attached hydrogens (primary N) is 1. The summed E-state index contributed by atoms with van der Waals surface area (Å²) in [6, 6.07) is 9.19. The van der Waals surface area contributed by atoms with Gasteiger partial charge >= 0.3 is 0 Å². The summed E-state index contributed by atoms with van der Waals surface area (Å²) in [4.78, 5) is 32.5. The molecule has 4 rings (SSSR count). The van der Waals surface area contributed by atoms with Crippen LogP contribution in [0.1, 0.15) is 17.3 Å². The van der Waals surface area contributed by atoms with Crippen molar-refractivity contribution in [2.24, 2.45) is 5.73 Å². The van der Waals surface area contributed by atoms with Crippen LogP contribution in [0.2, 0.25) is 0 Å². The third-order valence-electron chi connectivity index (χ3n) is 3.95. The molecule has 0 saturated carbocycles. The molecule has 0 aliphatic heterocycles. The quantitative estimate of drug-likeness (QED) is 0.392. The van der Waals surface area contributed by atoms with Crippen LogP contribution in [0.4, 0.5) is 5.00 Å². The first-order valence-electron chi connectivity index (χ1n) is 8.01. The molecule has 0 unspecified atom stereocenters. The Labute approximate surface area is 162 Å². The number of thioether (sulfide) groups is 1. The summed E-state index contributed by atoms with van der Waals surface area (Å²) in [6.45, 7) is 1.76. The summed E-state index contributed by atoms with van der Waals surface area (Å²) in [5, 5.41) is 5.91. The molecule has 0 aliphatic carbocycles. The van der Waals surface area contributed by atoms with E-state index in [-0.39, 0.29) is 5.91 Å². The van der Waals surface area contributed by atoms with Crippen molar-refractivity contribution < 1.29 is 14.0 Å². The van der Waals surface area contributed by atoms with Gasteiger partial charge in [0.25, 0.3) is 5.91 Å². The molecule has 0 aliphatic rings. The summed E-state index contributed by atoms with van der Waals surface area (Å²) in [5.74, 6) is -0.834. The highest BCUT2D eigenvalue weighted by molar-refractivity contribution is 8.00. The van der Waals surface area contributed by atoms with Crippen LogP contribution in [0.5, 0.6) is 0 Å². The minimum atomic E-state index is -0.577. The van der Waals surface area contributed by atoms with E-state index in [0.29, 0.717) is 26.7 Å². The Hall–Kier alpha value is -2.91. The number of anilines is 1. The van der Waals surface area contributed by atoms with Gasteiger partial charge in [-0.05, 0) is 30.5 Å². The summed E-state index contributed by atoms with van der Waals surface area (Å²) < 4.78 is 5.88. The van der Waals surface area contributed by atoms with Gasteiger partial charge in [0.15, 0.2) is 5.58 Å². The van der Waals surface area contributed by atoms with E-state index in [1.807, 2.05) is 24.3 Å². The lowest BCUT2D eigenvalue weighted by Gasteiger charge is -2.11. The van der Waals surface area contributed by atoms with Crippen molar-refractivity contribution in [1.82, 2.24) is 9.97 Å². The molecule has 3 N–H and O–H groups in total. The van der Waals surface area contributed by atoms with Crippen LogP contribution in [-0.2, 0) is 4.79 Å². The van der Waals surface area contributed by atoms with Crippen molar-refractivity contribution in [3.05, 3.63) is 47.6 Å². The highest BCUT2D eigenvalue weighted by Crippen LogP contribution is 2.34. The Bertz CT molecular complexity index is 1170. The monoisotopic (exact) mass is 398 g/mol. The van der Waals surface area contributed by atoms with Gasteiger partial charge in [0.05, 0.1) is 10.8 Å². The Morgan fingerprint density at radius 3 is 2.89 bits per heavy atom. The lowest BCUT2D eigenvalue weighted by atomic mass is 10.2. The molecule has 0 radical (unpaired) electrons. The van der Waals surface area contributed by atoms with Crippen molar-refractivity contribution in [3.8, 4) is 0 Å². The zero-order valence-electron chi connectivity index (χ0n) is 14.1. The van der Waals surface area contributed by atoms with E-state index >= 15 is 0 Å². The number of aromatic nitrogens is 2. The molecular weight excluding hydrogens is 384 g/mol.